The molecule has 0 bridgehead atoms. The molecule has 1 aliphatic rings. The van der Waals surface area contributed by atoms with Gasteiger partial charge in [-0.05, 0) is 46.0 Å². The molecule has 0 aromatic heterocycles. The highest BCUT2D eigenvalue weighted by molar-refractivity contribution is 5.75. The zero-order valence-corrected chi connectivity index (χ0v) is 12.2. The average molecular weight is 270 g/mol. The Hall–Kier alpha value is -1.26. The van der Waals surface area contributed by atoms with E-state index < -0.39 is 5.97 Å². The first-order valence-electron chi connectivity index (χ1n) is 7.22. The summed E-state index contributed by atoms with van der Waals surface area (Å²) in [6.45, 7) is 6.41. The molecule has 1 saturated heterocycles. The number of hydrogen-bond acceptors (Lipinski definition) is 2. The first-order valence-corrected chi connectivity index (χ1v) is 7.22. The number of likely N-dealkylation sites (tertiary alicyclic amines) is 1. The molecule has 0 radical (unpaired) electrons. The van der Waals surface area contributed by atoms with E-state index in [4.69, 9.17) is 5.11 Å². The lowest BCUT2D eigenvalue weighted by atomic mass is 9.98. The van der Waals surface area contributed by atoms with Crippen molar-refractivity contribution in [1.82, 2.24) is 10.2 Å². The van der Waals surface area contributed by atoms with Crippen LogP contribution in [0, 0.1) is 5.92 Å². The largest absolute Gasteiger partial charge is 0.481 e. The second kappa shape index (κ2) is 7.36. The first kappa shape index (κ1) is 15.8. The van der Waals surface area contributed by atoms with Crippen molar-refractivity contribution >= 4 is 12.0 Å². The van der Waals surface area contributed by atoms with Gasteiger partial charge in [-0.1, -0.05) is 6.92 Å². The van der Waals surface area contributed by atoms with Crippen LogP contribution in [0.2, 0.25) is 0 Å². The third-order valence-electron chi connectivity index (χ3n) is 3.94. The maximum absolute atomic E-state index is 12.1. The molecule has 2 N–H and O–H groups in total. The van der Waals surface area contributed by atoms with E-state index in [0.29, 0.717) is 31.5 Å². The lowest BCUT2D eigenvalue weighted by Gasteiger charge is -2.38. The molecule has 1 fully saturated rings. The van der Waals surface area contributed by atoms with Crippen LogP contribution in [0.3, 0.4) is 0 Å². The Balaban J connectivity index is 2.28. The Morgan fingerprint density at radius 1 is 1.32 bits per heavy atom. The van der Waals surface area contributed by atoms with Gasteiger partial charge in [-0.3, -0.25) is 4.79 Å². The number of carbonyl (C=O) groups is 2. The molecule has 110 valence electrons. The number of nitrogens with one attached hydrogen (secondary N) is 1. The van der Waals surface area contributed by atoms with E-state index in [9.17, 15) is 9.59 Å². The number of piperidine rings is 1. The second-order valence-electron chi connectivity index (χ2n) is 5.65. The molecule has 0 aliphatic carbocycles. The molecule has 5 heteroatoms. The van der Waals surface area contributed by atoms with Crippen LogP contribution in [0.5, 0.6) is 0 Å². The highest BCUT2D eigenvalue weighted by Crippen LogP contribution is 2.22. The maximum Gasteiger partial charge on any atom is 0.317 e. The van der Waals surface area contributed by atoms with Crippen molar-refractivity contribution in [3.05, 3.63) is 0 Å². The number of carbonyl (C=O) groups excluding carboxylic acids is 1. The standard InChI is InChI=1S/C14H26N2O3/c1-10(13(17)18)6-5-9-15-14(19)16-11(2)7-4-8-12(16)3/h10-12H,4-9H2,1-3H3,(H,15,19)(H,17,18). The van der Waals surface area contributed by atoms with Crippen molar-refractivity contribution in [3.8, 4) is 0 Å². The van der Waals surface area contributed by atoms with E-state index in [1.807, 2.05) is 4.90 Å². The normalized spacial score (nSPS) is 24.9. The molecule has 3 unspecified atom stereocenters. The third-order valence-corrected chi connectivity index (χ3v) is 3.94. The topological polar surface area (TPSA) is 69.6 Å². The third kappa shape index (κ3) is 4.73. The number of carboxylic acid groups (broad SMARTS) is 1. The number of carboxylic acids is 1. The van der Waals surface area contributed by atoms with Crippen LogP contribution in [-0.4, -0.2) is 40.6 Å². The molecule has 2 amide bonds. The van der Waals surface area contributed by atoms with E-state index in [1.165, 1.54) is 6.42 Å². The molecular formula is C14H26N2O3. The lowest BCUT2D eigenvalue weighted by Crippen LogP contribution is -2.51. The van der Waals surface area contributed by atoms with Gasteiger partial charge in [0.1, 0.15) is 0 Å². The first-order chi connectivity index (χ1) is 8.93. The van der Waals surface area contributed by atoms with Crippen molar-refractivity contribution in [2.24, 2.45) is 5.92 Å². The summed E-state index contributed by atoms with van der Waals surface area (Å²) in [5.41, 5.74) is 0. The van der Waals surface area contributed by atoms with Crippen molar-refractivity contribution in [3.63, 3.8) is 0 Å². The fourth-order valence-corrected chi connectivity index (χ4v) is 2.64. The minimum Gasteiger partial charge on any atom is -0.481 e. The van der Waals surface area contributed by atoms with Crippen LogP contribution in [0.15, 0.2) is 0 Å². The van der Waals surface area contributed by atoms with E-state index in [-0.39, 0.29) is 11.9 Å². The number of rotatable bonds is 5. The highest BCUT2D eigenvalue weighted by atomic mass is 16.4. The van der Waals surface area contributed by atoms with Gasteiger partial charge in [-0.2, -0.15) is 0 Å². The van der Waals surface area contributed by atoms with Crippen molar-refractivity contribution < 1.29 is 14.7 Å². The molecule has 0 saturated carbocycles. The van der Waals surface area contributed by atoms with Gasteiger partial charge in [0.05, 0.1) is 5.92 Å². The van der Waals surface area contributed by atoms with Gasteiger partial charge in [-0.25, -0.2) is 4.79 Å². The molecule has 1 rings (SSSR count). The summed E-state index contributed by atoms with van der Waals surface area (Å²) in [7, 11) is 0. The predicted octanol–water partition coefficient (Wildman–Crippen LogP) is 2.46. The Kier molecular flexibility index (Phi) is 6.12. The quantitative estimate of drug-likeness (QED) is 0.754. The molecule has 0 aromatic carbocycles. The fraction of sp³-hybridized carbons (Fsp3) is 0.857. The van der Waals surface area contributed by atoms with Crippen LogP contribution < -0.4 is 5.32 Å². The molecule has 5 nitrogen and oxygen atoms in total. The molecule has 19 heavy (non-hydrogen) atoms. The molecule has 1 aliphatic heterocycles. The molecule has 1 heterocycles. The zero-order chi connectivity index (χ0) is 14.4. The summed E-state index contributed by atoms with van der Waals surface area (Å²) >= 11 is 0. The summed E-state index contributed by atoms with van der Waals surface area (Å²) < 4.78 is 0. The monoisotopic (exact) mass is 270 g/mol. The van der Waals surface area contributed by atoms with Gasteiger partial charge in [0.15, 0.2) is 0 Å². The molecular weight excluding hydrogens is 244 g/mol. The van der Waals surface area contributed by atoms with E-state index in [0.717, 1.165) is 12.8 Å². The SMILES string of the molecule is CC(CCCNC(=O)N1C(C)CCCC1C)C(=O)O. The molecule has 0 spiro atoms. The van der Waals surface area contributed by atoms with Crippen molar-refractivity contribution in [1.29, 1.82) is 0 Å². The predicted molar refractivity (Wildman–Crippen MR) is 74.0 cm³/mol. The van der Waals surface area contributed by atoms with Gasteiger partial charge < -0.3 is 15.3 Å². The number of urea groups is 1. The van der Waals surface area contributed by atoms with Crippen LogP contribution in [0.1, 0.15) is 52.9 Å². The Bertz CT molecular complexity index is 310. The van der Waals surface area contributed by atoms with Gasteiger partial charge in [0, 0.05) is 18.6 Å². The zero-order valence-electron chi connectivity index (χ0n) is 12.2. The highest BCUT2D eigenvalue weighted by Gasteiger charge is 2.28. The number of aliphatic carboxylic acids is 1. The Labute approximate surface area is 115 Å². The fourth-order valence-electron chi connectivity index (χ4n) is 2.64. The minimum atomic E-state index is -0.774. The van der Waals surface area contributed by atoms with Crippen LogP contribution in [-0.2, 0) is 4.79 Å². The summed E-state index contributed by atoms with van der Waals surface area (Å²) in [6, 6.07) is 0.575. The van der Waals surface area contributed by atoms with E-state index >= 15 is 0 Å². The van der Waals surface area contributed by atoms with E-state index in [2.05, 4.69) is 19.2 Å². The van der Waals surface area contributed by atoms with Gasteiger partial charge >= 0.3 is 12.0 Å². The summed E-state index contributed by atoms with van der Waals surface area (Å²) in [6.07, 6.45) is 4.61. The van der Waals surface area contributed by atoms with Crippen molar-refractivity contribution in [2.45, 2.75) is 65.0 Å². The van der Waals surface area contributed by atoms with Gasteiger partial charge in [0.25, 0.3) is 0 Å². The number of amides is 2. The van der Waals surface area contributed by atoms with Gasteiger partial charge in [0.2, 0.25) is 0 Å². The number of nitrogens with zero attached hydrogens (tertiary/aromatic N) is 1. The van der Waals surface area contributed by atoms with E-state index in [1.54, 1.807) is 6.92 Å². The average Bonchev–Trinajstić information content (AvgIpc) is 2.34. The summed E-state index contributed by atoms with van der Waals surface area (Å²) in [5.74, 6) is -1.12. The molecule has 3 atom stereocenters. The minimum absolute atomic E-state index is 0.0114. The summed E-state index contributed by atoms with van der Waals surface area (Å²) in [5, 5.41) is 11.7. The van der Waals surface area contributed by atoms with Crippen LogP contribution in [0.25, 0.3) is 0 Å². The smallest absolute Gasteiger partial charge is 0.317 e. The van der Waals surface area contributed by atoms with Gasteiger partial charge in [-0.15, -0.1) is 0 Å². The second-order valence-corrected chi connectivity index (χ2v) is 5.65. The lowest BCUT2D eigenvalue weighted by molar-refractivity contribution is -0.141. The Morgan fingerprint density at radius 2 is 1.89 bits per heavy atom. The Morgan fingerprint density at radius 3 is 2.42 bits per heavy atom. The van der Waals surface area contributed by atoms with Crippen molar-refractivity contribution in [2.75, 3.05) is 6.54 Å². The molecule has 0 aromatic rings. The number of hydrogen-bond donors (Lipinski definition) is 2. The van der Waals surface area contributed by atoms with Crippen LogP contribution in [0.4, 0.5) is 4.79 Å². The maximum atomic E-state index is 12.1. The summed E-state index contributed by atoms with van der Waals surface area (Å²) in [4.78, 5) is 24.7. The van der Waals surface area contributed by atoms with Crippen LogP contribution >= 0.6 is 0 Å².